The number of carboxylic acid groups (broad SMARTS) is 1. The minimum atomic E-state index is -0.899. The predicted octanol–water partition coefficient (Wildman–Crippen LogP) is 2.15. The summed E-state index contributed by atoms with van der Waals surface area (Å²) in [5, 5.41) is 13.2. The molecule has 0 fully saturated rings. The van der Waals surface area contributed by atoms with E-state index >= 15 is 0 Å². The van der Waals surface area contributed by atoms with E-state index in [1.807, 2.05) is 44.2 Å². The Labute approximate surface area is 105 Å². The SMILES string of the molecule is CC(C)n1nc(-c2ccccc2)nc1CC(=O)O. The van der Waals surface area contributed by atoms with E-state index in [-0.39, 0.29) is 12.5 Å². The molecule has 1 aromatic heterocycles. The molecule has 2 aromatic rings. The van der Waals surface area contributed by atoms with Crippen LogP contribution in [0.4, 0.5) is 0 Å². The molecule has 94 valence electrons. The summed E-state index contributed by atoms with van der Waals surface area (Å²) in [4.78, 5) is 15.1. The van der Waals surface area contributed by atoms with Gasteiger partial charge >= 0.3 is 5.97 Å². The van der Waals surface area contributed by atoms with Crippen LogP contribution >= 0.6 is 0 Å². The zero-order valence-electron chi connectivity index (χ0n) is 10.4. The van der Waals surface area contributed by atoms with E-state index in [0.717, 1.165) is 5.56 Å². The first-order valence-corrected chi connectivity index (χ1v) is 5.80. The standard InChI is InChI=1S/C13H15N3O2/c1-9(2)16-11(8-12(17)18)14-13(15-16)10-6-4-3-5-7-10/h3-7,9H,8H2,1-2H3,(H,17,18). The smallest absolute Gasteiger partial charge is 0.311 e. The number of rotatable bonds is 4. The third-order valence-corrected chi connectivity index (χ3v) is 2.53. The van der Waals surface area contributed by atoms with Crippen LogP contribution in [-0.2, 0) is 11.2 Å². The van der Waals surface area contributed by atoms with E-state index < -0.39 is 5.97 Å². The fourth-order valence-corrected chi connectivity index (χ4v) is 1.73. The Balaban J connectivity index is 2.42. The second-order valence-corrected chi connectivity index (χ2v) is 4.33. The van der Waals surface area contributed by atoms with Gasteiger partial charge in [-0.1, -0.05) is 30.3 Å². The molecule has 0 spiro atoms. The lowest BCUT2D eigenvalue weighted by molar-refractivity contribution is -0.136. The van der Waals surface area contributed by atoms with Gasteiger partial charge in [-0.05, 0) is 13.8 Å². The number of benzene rings is 1. The second kappa shape index (κ2) is 5.00. The quantitative estimate of drug-likeness (QED) is 0.896. The van der Waals surface area contributed by atoms with Crippen molar-refractivity contribution in [3.8, 4) is 11.4 Å². The van der Waals surface area contributed by atoms with E-state index in [9.17, 15) is 4.79 Å². The molecular weight excluding hydrogens is 230 g/mol. The van der Waals surface area contributed by atoms with Crippen molar-refractivity contribution in [2.45, 2.75) is 26.3 Å². The van der Waals surface area contributed by atoms with Gasteiger partial charge in [0.05, 0.1) is 0 Å². The first-order chi connectivity index (χ1) is 8.58. The molecule has 0 saturated heterocycles. The maximum atomic E-state index is 10.8. The van der Waals surface area contributed by atoms with Gasteiger partial charge in [0.15, 0.2) is 5.82 Å². The van der Waals surface area contributed by atoms with Crippen LogP contribution in [0.2, 0.25) is 0 Å². The molecule has 0 aliphatic heterocycles. The Morgan fingerprint density at radius 2 is 2.00 bits per heavy atom. The van der Waals surface area contributed by atoms with Crippen LogP contribution in [0.15, 0.2) is 30.3 Å². The van der Waals surface area contributed by atoms with E-state index in [0.29, 0.717) is 11.6 Å². The van der Waals surface area contributed by atoms with Crippen molar-refractivity contribution in [3.63, 3.8) is 0 Å². The van der Waals surface area contributed by atoms with Gasteiger partial charge in [-0.15, -0.1) is 0 Å². The number of carbonyl (C=O) groups is 1. The Bertz CT molecular complexity index is 547. The van der Waals surface area contributed by atoms with E-state index in [2.05, 4.69) is 10.1 Å². The number of carboxylic acids is 1. The summed E-state index contributed by atoms with van der Waals surface area (Å²) in [5.41, 5.74) is 0.892. The molecule has 0 unspecified atom stereocenters. The lowest BCUT2D eigenvalue weighted by atomic mass is 10.2. The molecule has 0 bridgehead atoms. The maximum Gasteiger partial charge on any atom is 0.311 e. The molecular formula is C13H15N3O2. The molecule has 2 rings (SSSR count). The molecule has 0 atom stereocenters. The van der Waals surface area contributed by atoms with E-state index in [4.69, 9.17) is 5.11 Å². The monoisotopic (exact) mass is 245 g/mol. The van der Waals surface area contributed by atoms with Gasteiger partial charge in [0.25, 0.3) is 0 Å². The van der Waals surface area contributed by atoms with E-state index in [1.165, 1.54) is 0 Å². The van der Waals surface area contributed by atoms with Crippen LogP contribution in [0.3, 0.4) is 0 Å². The van der Waals surface area contributed by atoms with Gasteiger partial charge in [-0.25, -0.2) is 9.67 Å². The molecule has 0 saturated carbocycles. The maximum absolute atomic E-state index is 10.8. The molecule has 18 heavy (non-hydrogen) atoms. The molecule has 0 aliphatic rings. The molecule has 5 nitrogen and oxygen atoms in total. The molecule has 1 aromatic carbocycles. The summed E-state index contributed by atoms with van der Waals surface area (Å²) in [6.45, 7) is 3.91. The minimum absolute atomic E-state index is 0.0873. The van der Waals surface area contributed by atoms with Crippen molar-refractivity contribution in [1.82, 2.24) is 14.8 Å². The zero-order valence-corrected chi connectivity index (χ0v) is 10.4. The van der Waals surface area contributed by atoms with Crippen molar-refractivity contribution in [2.75, 3.05) is 0 Å². The minimum Gasteiger partial charge on any atom is -0.481 e. The van der Waals surface area contributed by atoms with Gasteiger partial charge in [0.2, 0.25) is 0 Å². The first kappa shape index (κ1) is 12.3. The summed E-state index contributed by atoms with van der Waals surface area (Å²) in [6, 6.07) is 9.63. The second-order valence-electron chi connectivity index (χ2n) is 4.33. The van der Waals surface area contributed by atoms with Gasteiger partial charge in [0, 0.05) is 11.6 Å². The number of hydrogen-bond acceptors (Lipinski definition) is 3. The fourth-order valence-electron chi connectivity index (χ4n) is 1.73. The van der Waals surface area contributed by atoms with Gasteiger partial charge in [0.1, 0.15) is 12.2 Å². The largest absolute Gasteiger partial charge is 0.481 e. The van der Waals surface area contributed by atoms with Crippen molar-refractivity contribution < 1.29 is 9.90 Å². The lowest BCUT2D eigenvalue weighted by Gasteiger charge is -2.06. The summed E-state index contributed by atoms with van der Waals surface area (Å²) in [7, 11) is 0. The Morgan fingerprint density at radius 1 is 1.33 bits per heavy atom. The Morgan fingerprint density at radius 3 is 2.56 bits per heavy atom. The molecule has 1 heterocycles. The Kier molecular flexibility index (Phi) is 3.41. The normalized spacial score (nSPS) is 10.8. The molecule has 0 aliphatic carbocycles. The van der Waals surface area contributed by atoms with Gasteiger partial charge in [-0.2, -0.15) is 5.10 Å². The summed E-state index contributed by atoms with van der Waals surface area (Å²) in [6.07, 6.45) is -0.113. The number of aromatic nitrogens is 3. The highest BCUT2D eigenvalue weighted by Crippen LogP contribution is 2.17. The highest BCUT2D eigenvalue weighted by molar-refractivity contribution is 5.69. The molecule has 0 amide bonds. The third-order valence-electron chi connectivity index (χ3n) is 2.53. The first-order valence-electron chi connectivity index (χ1n) is 5.80. The average molecular weight is 245 g/mol. The van der Waals surface area contributed by atoms with Crippen molar-refractivity contribution in [1.29, 1.82) is 0 Å². The summed E-state index contributed by atoms with van der Waals surface area (Å²) >= 11 is 0. The molecule has 1 N–H and O–H groups in total. The number of hydrogen-bond donors (Lipinski definition) is 1. The highest BCUT2D eigenvalue weighted by atomic mass is 16.4. The van der Waals surface area contributed by atoms with Gasteiger partial charge < -0.3 is 5.11 Å². The zero-order chi connectivity index (χ0) is 13.1. The fraction of sp³-hybridized carbons (Fsp3) is 0.308. The number of aliphatic carboxylic acids is 1. The van der Waals surface area contributed by atoms with Crippen LogP contribution < -0.4 is 0 Å². The molecule has 0 radical (unpaired) electrons. The van der Waals surface area contributed by atoms with Crippen LogP contribution in [0, 0.1) is 0 Å². The van der Waals surface area contributed by atoms with Crippen molar-refractivity contribution >= 4 is 5.97 Å². The summed E-state index contributed by atoms with van der Waals surface area (Å²) in [5.74, 6) is 0.154. The topological polar surface area (TPSA) is 68.0 Å². The number of nitrogens with zero attached hydrogens (tertiary/aromatic N) is 3. The van der Waals surface area contributed by atoms with Crippen LogP contribution in [0.1, 0.15) is 25.7 Å². The predicted molar refractivity (Wildman–Crippen MR) is 67.2 cm³/mol. The average Bonchev–Trinajstić information content (AvgIpc) is 2.73. The Hall–Kier alpha value is -2.17. The highest BCUT2D eigenvalue weighted by Gasteiger charge is 2.15. The summed E-state index contributed by atoms with van der Waals surface area (Å²) < 4.78 is 1.66. The van der Waals surface area contributed by atoms with Crippen LogP contribution in [0.25, 0.3) is 11.4 Å². The molecule has 5 heteroatoms. The van der Waals surface area contributed by atoms with Gasteiger partial charge in [-0.3, -0.25) is 4.79 Å². The van der Waals surface area contributed by atoms with Crippen molar-refractivity contribution in [3.05, 3.63) is 36.2 Å². The van der Waals surface area contributed by atoms with Crippen LogP contribution in [0.5, 0.6) is 0 Å². The third kappa shape index (κ3) is 2.56. The van der Waals surface area contributed by atoms with Crippen molar-refractivity contribution in [2.24, 2.45) is 0 Å². The van der Waals surface area contributed by atoms with Crippen LogP contribution in [-0.4, -0.2) is 25.8 Å². The van der Waals surface area contributed by atoms with E-state index in [1.54, 1.807) is 4.68 Å². The lowest BCUT2D eigenvalue weighted by Crippen LogP contribution is -2.12.